The van der Waals surface area contributed by atoms with E-state index in [1.165, 1.54) is 5.56 Å². The molecule has 1 fully saturated rings. The SMILES string of the molecule is CC(C)NC[C@H]1CCN(Cc2ccccc2)C[C@H]1O. The average Bonchev–Trinajstić information content (AvgIpc) is 2.39. The largest absolute Gasteiger partial charge is 0.391 e. The van der Waals surface area contributed by atoms with Crippen molar-refractivity contribution in [3.8, 4) is 0 Å². The number of aliphatic hydroxyl groups excluding tert-OH is 1. The Bertz CT molecular complexity index is 366. The van der Waals surface area contributed by atoms with Gasteiger partial charge in [-0.2, -0.15) is 0 Å². The maximum atomic E-state index is 10.2. The maximum Gasteiger partial charge on any atom is 0.0707 e. The topological polar surface area (TPSA) is 35.5 Å². The van der Waals surface area contributed by atoms with Crippen LogP contribution < -0.4 is 5.32 Å². The molecule has 0 spiro atoms. The minimum Gasteiger partial charge on any atom is -0.391 e. The van der Waals surface area contributed by atoms with E-state index in [1.807, 2.05) is 6.07 Å². The second-order valence-corrected chi connectivity index (χ2v) is 5.90. The minimum absolute atomic E-state index is 0.205. The summed E-state index contributed by atoms with van der Waals surface area (Å²) in [4.78, 5) is 2.35. The Hall–Kier alpha value is -0.900. The van der Waals surface area contributed by atoms with Gasteiger partial charge in [-0.1, -0.05) is 44.2 Å². The number of nitrogens with one attached hydrogen (secondary N) is 1. The first-order valence-corrected chi connectivity index (χ1v) is 7.33. The van der Waals surface area contributed by atoms with Crippen LogP contribution in [0.15, 0.2) is 30.3 Å². The van der Waals surface area contributed by atoms with Gasteiger partial charge in [-0.25, -0.2) is 0 Å². The van der Waals surface area contributed by atoms with Gasteiger partial charge in [0, 0.05) is 25.7 Å². The van der Waals surface area contributed by atoms with Crippen molar-refractivity contribution in [3.63, 3.8) is 0 Å². The molecule has 0 aliphatic carbocycles. The molecule has 0 amide bonds. The summed E-state index contributed by atoms with van der Waals surface area (Å²) in [5, 5.41) is 13.7. The van der Waals surface area contributed by atoms with Crippen LogP contribution in [0.25, 0.3) is 0 Å². The molecular formula is C16H26N2O. The predicted molar refractivity (Wildman–Crippen MR) is 79.0 cm³/mol. The molecule has 1 aromatic carbocycles. The van der Waals surface area contributed by atoms with Crippen LogP contribution in [-0.4, -0.2) is 41.8 Å². The number of β-amino-alcohol motifs (C(OH)–C–C–N with tert-alkyl or cyclic N) is 1. The van der Waals surface area contributed by atoms with Crippen LogP contribution in [0.1, 0.15) is 25.8 Å². The smallest absolute Gasteiger partial charge is 0.0707 e. The van der Waals surface area contributed by atoms with Gasteiger partial charge in [0.1, 0.15) is 0 Å². The zero-order chi connectivity index (χ0) is 13.7. The van der Waals surface area contributed by atoms with Gasteiger partial charge in [0.25, 0.3) is 0 Å². The fraction of sp³-hybridized carbons (Fsp3) is 0.625. The normalized spacial score (nSPS) is 24.8. The molecule has 1 heterocycles. The van der Waals surface area contributed by atoms with E-state index in [4.69, 9.17) is 0 Å². The molecule has 3 nitrogen and oxygen atoms in total. The lowest BCUT2D eigenvalue weighted by atomic mass is 9.93. The Balaban J connectivity index is 1.79. The number of aliphatic hydroxyl groups is 1. The standard InChI is InChI=1S/C16H26N2O/c1-13(2)17-10-15-8-9-18(12-16(15)19)11-14-6-4-3-5-7-14/h3-7,13,15-17,19H,8-12H2,1-2H3/t15-,16-/m1/s1. The van der Waals surface area contributed by atoms with Crippen molar-refractivity contribution in [2.24, 2.45) is 5.92 Å². The summed E-state index contributed by atoms with van der Waals surface area (Å²) in [6.45, 7) is 8.05. The zero-order valence-electron chi connectivity index (χ0n) is 12.0. The van der Waals surface area contributed by atoms with Crippen LogP contribution in [0.4, 0.5) is 0 Å². The molecule has 19 heavy (non-hydrogen) atoms. The number of rotatable bonds is 5. The number of likely N-dealkylation sites (tertiary alicyclic amines) is 1. The highest BCUT2D eigenvalue weighted by Crippen LogP contribution is 2.19. The summed E-state index contributed by atoms with van der Waals surface area (Å²) < 4.78 is 0. The van der Waals surface area contributed by atoms with E-state index in [1.54, 1.807) is 0 Å². The Kier molecular flexibility index (Phi) is 5.37. The lowest BCUT2D eigenvalue weighted by molar-refractivity contribution is 0.0183. The molecule has 1 aliphatic heterocycles. The molecule has 0 aromatic heterocycles. The first-order valence-electron chi connectivity index (χ1n) is 7.33. The van der Waals surface area contributed by atoms with Crippen LogP contribution in [0.2, 0.25) is 0 Å². The van der Waals surface area contributed by atoms with Crippen molar-refractivity contribution in [2.75, 3.05) is 19.6 Å². The monoisotopic (exact) mass is 262 g/mol. The highest BCUT2D eigenvalue weighted by atomic mass is 16.3. The van der Waals surface area contributed by atoms with Crippen molar-refractivity contribution in [3.05, 3.63) is 35.9 Å². The molecule has 0 bridgehead atoms. The highest BCUT2D eigenvalue weighted by molar-refractivity contribution is 5.14. The van der Waals surface area contributed by atoms with Crippen LogP contribution in [0.3, 0.4) is 0 Å². The highest BCUT2D eigenvalue weighted by Gasteiger charge is 2.27. The van der Waals surface area contributed by atoms with Crippen molar-refractivity contribution in [1.82, 2.24) is 10.2 Å². The van der Waals surface area contributed by atoms with E-state index < -0.39 is 0 Å². The summed E-state index contributed by atoms with van der Waals surface area (Å²) in [5.74, 6) is 0.398. The number of hydrogen-bond acceptors (Lipinski definition) is 3. The van der Waals surface area contributed by atoms with E-state index in [0.717, 1.165) is 32.6 Å². The summed E-state index contributed by atoms with van der Waals surface area (Å²) >= 11 is 0. The molecule has 1 saturated heterocycles. The first kappa shape index (κ1) is 14.5. The number of benzene rings is 1. The fourth-order valence-corrected chi connectivity index (χ4v) is 2.66. The Labute approximate surface area is 116 Å². The van der Waals surface area contributed by atoms with Gasteiger partial charge < -0.3 is 10.4 Å². The summed E-state index contributed by atoms with van der Waals surface area (Å²) in [7, 11) is 0. The molecule has 1 aliphatic rings. The molecule has 0 saturated carbocycles. The van der Waals surface area contributed by atoms with Gasteiger partial charge in [0.2, 0.25) is 0 Å². The lowest BCUT2D eigenvalue weighted by Gasteiger charge is -2.36. The third-order valence-electron chi connectivity index (χ3n) is 3.84. The van der Waals surface area contributed by atoms with Crippen molar-refractivity contribution in [2.45, 2.75) is 39.0 Å². The second-order valence-electron chi connectivity index (χ2n) is 5.90. The van der Waals surface area contributed by atoms with Crippen LogP contribution >= 0.6 is 0 Å². The predicted octanol–water partition coefficient (Wildman–Crippen LogP) is 1.87. The van der Waals surface area contributed by atoms with E-state index >= 15 is 0 Å². The summed E-state index contributed by atoms with van der Waals surface area (Å²) in [6.07, 6.45) is 0.872. The van der Waals surface area contributed by atoms with Crippen molar-refractivity contribution < 1.29 is 5.11 Å². The zero-order valence-corrected chi connectivity index (χ0v) is 12.0. The number of piperidine rings is 1. The third-order valence-corrected chi connectivity index (χ3v) is 3.84. The van der Waals surface area contributed by atoms with Gasteiger partial charge in [-0.3, -0.25) is 4.90 Å². The Morgan fingerprint density at radius 3 is 2.68 bits per heavy atom. The summed E-state index contributed by atoms with van der Waals surface area (Å²) in [5.41, 5.74) is 1.33. The molecule has 2 N–H and O–H groups in total. The van der Waals surface area contributed by atoms with E-state index in [9.17, 15) is 5.11 Å². The molecule has 0 unspecified atom stereocenters. The molecule has 2 rings (SSSR count). The lowest BCUT2D eigenvalue weighted by Crippen LogP contribution is -2.47. The Morgan fingerprint density at radius 1 is 1.32 bits per heavy atom. The number of nitrogens with zero attached hydrogens (tertiary/aromatic N) is 1. The average molecular weight is 262 g/mol. The van der Waals surface area contributed by atoms with Gasteiger partial charge in [-0.05, 0) is 24.4 Å². The minimum atomic E-state index is -0.205. The molecule has 3 heteroatoms. The fourth-order valence-electron chi connectivity index (χ4n) is 2.66. The van der Waals surface area contributed by atoms with E-state index in [0.29, 0.717) is 12.0 Å². The quantitative estimate of drug-likeness (QED) is 0.850. The maximum absolute atomic E-state index is 10.2. The van der Waals surface area contributed by atoms with Gasteiger partial charge in [0.05, 0.1) is 6.10 Å². The van der Waals surface area contributed by atoms with Crippen molar-refractivity contribution in [1.29, 1.82) is 0 Å². The Morgan fingerprint density at radius 2 is 2.05 bits per heavy atom. The van der Waals surface area contributed by atoms with E-state index in [-0.39, 0.29) is 6.10 Å². The molecule has 0 radical (unpaired) electrons. The summed E-state index contributed by atoms with van der Waals surface area (Å²) in [6, 6.07) is 11.0. The second kappa shape index (κ2) is 7.04. The third kappa shape index (κ3) is 4.60. The molecular weight excluding hydrogens is 236 g/mol. The first-order chi connectivity index (χ1) is 9.15. The molecule has 2 atom stereocenters. The number of hydrogen-bond donors (Lipinski definition) is 2. The van der Waals surface area contributed by atoms with Crippen LogP contribution in [0.5, 0.6) is 0 Å². The van der Waals surface area contributed by atoms with Crippen LogP contribution in [0, 0.1) is 5.92 Å². The molecule has 1 aromatic rings. The van der Waals surface area contributed by atoms with Gasteiger partial charge in [0.15, 0.2) is 0 Å². The van der Waals surface area contributed by atoms with Gasteiger partial charge >= 0.3 is 0 Å². The van der Waals surface area contributed by atoms with E-state index in [2.05, 4.69) is 48.3 Å². The molecule has 106 valence electrons. The van der Waals surface area contributed by atoms with Gasteiger partial charge in [-0.15, -0.1) is 0 Å². The van der Waals surface area contributed by atoms with Crippen molar-refractivity contribution >= 4 is 0 Å². The van der Waals surface area contributed by atoms with Crippen LogP contribution in [-0.2, 0) is 6.54 Å².